The zero-order valence-corrected chi connectivity index (χ0v) is 8.79. The minimum Gasteiger partial charge on any atom is -0.381 e. The predicted molar refractivity (Wildman–Crippen MR) is 57.7 cm³/mol. The second-order valence-corrected chi connectivity index (χ2v) is 3.99. The number of nitrogens with zero attached hydrogens (tertiary/aromatic N) is 1. The van der Waals surface area contributed by atoms with Crippen molar-refractivity contribution in [1.82, 2.24) is 4.98 Å². The standard InChI is InChI=1S/C10H11BrN2/c11-9-7-12-6-5-10(9)13-8-3-1-2-4-8/h1-2,5-8H,3-4H2,(H,12,13). The fourth-order valence-corrected chi connectivity index (χ4v) is 1.81. The predicted octanol–water partition coefficient (Wildman–Crippen LogP) is 2.97. The van der Waals surface area contributed by atoms with Crippen molar-refractivity contribution in [2.75, 3.05) is 5.32 Å². The number of halogens is 1. The third kappa shape index (κ3) is 2.10. The molecule has 0 aliphatic heterocycles. The molecule has 1 aliphatic carbocycles. The maximum absolute atomic E-state index is 4.02. The maximum atomic E-state index is 4.02. The van der Waals surface area contributed by atoms with E-state index < -0.39 is 0 Å². The van der Waals surface area contributed by atoms with E-state index in [0.717, 1.165) is 23.0 Å². The molecule has 0 saturated heterocycles. The lowest BCUT2D eigenvalue weighted by molar-refractivity contribution is 0.785. The molecular formula is C10H11BrN2. The lowest BCUT2D eigenvalue weighted by Gasteiger charge is -2.14. The molecule has 0 unspecified atom stereocenters. The first-order valence-corrected chi connectivity index (χ1v) is 5.16. The Morgan fingerprint density at radius 2 is 2.15 bits per heavy atom. The largest absolute Gasteiger partial charge is 0.381 e. The summed E-state index contributed by atoms with van der Waals surface area (Å²) in [5.41, 5.74) is 1.13. The van der Waals surface area contributed by atoms with Crippen molar-refractivity contribution in [2.24, 2.45) is 0 Å². The van der Waals surface area contributed by atoms with Crippen LogP contribution in [0.25, 0.3) is 0 Å². The fraction of sp³-hybridized carbons (Fsp3) is 0.300. The molecule has 2 rings (SSSR count). The molecule has 68 valence electrons. The van der Waals surface area contributed by atoms with Gasteiger partial charge in [0.2, 0.25) is 0 Å². The van der Waals surface area contributed by atoms with Gasteiger partial charge in [-0.3, -0.25) is 4.98 Å². The van der Waals surface area contributed by atoms with E-state index in [2.05, 4.69) is 38.4 Å². The minimum absolute atomic E-state index is 0.554. The van der Waals surface area contributed by atoms with Crippen molar-refractivity contribution in [2.45, 2.75) is 18.9 Å². The fourth-order valence-electron chi connectivity index (χ4n) is 1.45. The van der Waals surface area contributed by atoms with Gasteiger partial charge in [0.1, 0.15) is 0 Å². The molecule has 0 aromatic carbocycles. The van der Waals surface area contributed by atoms with E-state index >= 15 is 0 Å². The van der Waals surface area contributed by atoms with E-state index in [0.29, 0.717) is 6.04 Å². The van der Waals surface area contributed by atoms with Crippen LogP contribution in [0.2, 0.25) is 0 Å². The van der Waals surface area contributed by atoms with Crippen molar-refractivity contribution < 1.29 is 0 Å². The monoisotopic (exact) mass is 238 g/mol. The quantitative estimate of drug-likeness (QED) is 0.802. The summed E-state index contributed by atoms with van der Waals surface area (Å²) in [7, 11) is 0. The second kappa shape index (κ2) is 3.92. The Kier molecular flexibility index (Phi) is 2.64. The smallest absolute Gasteiger partial charge is 0.0590 e. The van der Waals surface area contributed by atoms with Crippen molar-refractivity contribution in [3.8, 4) is 0 Å². The van der Waals surface area contributed by atoms with Gasteiger partial charge in [0.25, 0.3) is 0 Å². The molecule has 0 bridgehead atoms. The van der Waals surface area contributed by atoms with Crippen LogP contribution in [-0.4, -0.2) is 11.0 Å². The van der Waals surface area contributed by atoms with Crippen molar-refractivity contribution in [3.63, 3.8) is 0 Å². The van der Waals surface area contributed by atoms with Gasteiger partial charge in [-0.15, -0.1) is 0 Å². The van der Waals surface area contributed by atoms with Crippen LogP contribution in [0.4, 0.5) is 5.69 Å². The lowest BCUT2D eigenvalue weighted by atomic mass is 10.2. The molecule has 1 aromatic heterocycles. The molecule has 0 spiro atoms. The number of hydrogen-bond acceptors (Lipinski definition) is 2. The first-order chi connectivity index (χ1) is 6.36. The zero-order valence-electron chi connectivity index (χ0n) is 7.20. The molecule has 0 amide bonds. The van der Waals surface area contributed by atoms with E-state index in [4.69, 9.17) is 0 Å². The van der Waals surface area contributed by atoms with Gasteiger partial charge in [0.15, 0.2) is 0 Å². The van der Waals surface area contributed by atoms with Crippen LogP contribution in [0, 0.1) is 0 Å². The summed E-state index contributed by atoms with van der Waals surface area (Å²) < 4.78 is 1.03. The summed E-state index contributed by atoms with van der Waals surface area (Å²) in [4.78, 5) is 4.02. The van der Waals surface area contributed by atoms with Gasteiger partial charge >= 0.3 is 0 Å². The lowest BCUT2D eigenvalue weighted by Crippen LogP contribution is -2.15. The number of aromatic nitrogens is 1. The van der Waals surface area contributed by atoms with E-state index in [1.807, 2.05) is 12.3 Å². The highest BCUT2D eigenvalue weighted by molar-refractivity contribution is 9.10. The summed E-state index contributed by atoms with van der Waals surface area (Å²) in [6, 6.07) is 2.54. The van der Waals surface area contributed by atoms with Gasteiger partial charge in [0.05, 0.1) is 10.2 Å². The minimum atomic E-state index is 0.554. The topological polar surface area (TPSA) is 24.9 Å². The van der Waals surface area contributed by atoms with Crippen LogP contribution in [0.15, 0.2) is 35.1 Å². The second-order valence-electron chi connectivity index (χ2n) is 3.14. The van der Waals surface area contributed by atoms with Crippen LogP contribution >= 0.6 is 15.9 Å². The van der Waals surface area contributed by atoms with Crippen LogP contribution in [-0.2, 0) is 0 Å². The molecule has 0 fully saturated rings. The average molecular weight is 239 g/mol. The molecule has 0 saturated carbocycles. The normalized spacial score (nSPS) is 16.4. The number of pyridine rings is 1. The van der Waals surface area contributed by atoms with Gasteiger partial charge < -0.3 is 5.32 Å². The highest BCUT2D eigenvalue weighted by Crippen LogP contribution is 2.23. The Morgan fingerprint density at radius 1 is 1.38 bits per heavy atom. The summed E-state index contributed by atoms with van der Waals surface area (Å²) in [5.74, 6) is 0. The van der Waals surface area contributed by atoms with E-state index in [-0.39, 0.29) is 0 Å². The third-order valence-electron chi connectivity index (χ3n) is 2.14. The van der Waals surface area contributed by atoms with Gasteiger partial charge in [-0.05, 0) is 34.8 Å². The highest BCUT2D eigenvalue weighted by Gasteiger charge is 2.10. The number of hydrogen-bond donors (Lipinski definition) is 1. The number of anilines is 1. The summed E-state index contributed by atoms with van der Waals surface area (Å²) in [6.07, 6.45) is 10.3. The number of rotatable bonds is 2. The van der Waals surface area contributed by atoms with Crippen molar-refractivity contribution >= 4 is 21.6 Å². The van der Waals surface area contributed by atoms with Gasteiger partial charge in [-0.2, -0.15) is 0 Å². The molecule has 0 radical (unpaired) electrons. The molecule has 1 aliphatic rings. The van der Waals surface area contributed by atoms with Gasteiger partial charge in [-0.25, -0.2) is 0 Å². The SMILES string of the molecule is Brc1cnccc1NC1CC=CC1. The summed E-state index contributed by atoms with van der Waals surface area (Å²) in [6.45, 7) is 0. The van der Waals surface area contributed by atoms with Crippen LogP contribution in [0.3, 0.4) is 0 Å². The van der Waals surface area contributed by atoms with Gasteiger partial charge in [-0.1, -0.05) is 12.2 Å². The van der Waals surface area contributed by atoms with E-state index in [9.17, 15) is 0 Å². The van der Waals surface area contributed by atoms with Crippen LogP contribution < -0.4 is 5.32 Å². The molecular weight excluding hydrogens is 228 g/mol. The number of nitrogens with one attached hydrogen (secondary N) is 1. The Labute approximate surface area is 86.2 Å². The van der Waals surface area contributed by atoms with Crippen molar-refractivity contribution in [3.05, 3.63) is 35.1 Å². The summed E-state index contributed by atoms with van der Waals surface area (Å²) in [5, 5.41) is 3.46. The molecule has 1 N–H and O–H groups in total. The molecule has 0 atom stereocenters. The van der Waals surface area contributed by atoms with Crippen molar-refractivity contribution in [1.29, 1.82) is 0 Å². The maximum Gasteiger partial charge on any atom is 0.0590 e. The highest BCUT2D eigenvalue weighted by atomic mass is 79.9. The molecule has 2 nitrogen and oxygen atoms in total. The van der Waals surface area contributed by atoms with E-state index in [1.165, 1.54) is 0 Å². The van der Waals surface area contributed by atoms with Crippen LogP contribution in [0.1, 0.15) is 12.8 Å². The van der Waals surface area contributed by atoms with E-state index in [1.54, 1.807) is 6.20 Å². The summed E-state index contributed by atoms with van der Waals surface area (Å²) >= 11 is 3.46. The molecule has 1 aromatic rings. The first kappa shape index (κ1) is 8.75. The molecule has 13 heavy (non-hydrogen) atoms. The average Bonchev–Trinajstić information content (AvgIpc) is 2.61. The Bertz CT molecular complexity index is 314. The zero-order chi connectivity index (χ0) is 9.10. The Balaban J connectivity index is 2.05. The molecule has 1 heterocycles. The Morgan fingerprint density at radius 3 is 2.85 bits per heavy atom. The first-order valence-electron chi connectivity index (χ1n) is 4.37. The Hall–Kier alpha value is -0.830. The third-order valence-corrected chi connectivity index (χ3v) is 2.77. The van der Waals surface area contributed by atoms with Crippen LogP contribution in [0.5, 0.6) is 0 Å². The van der Waals surface area contributed by atoms with Gasteiger partial charge in [0, 0.05) is 18.4 Å². The molecule has 3 heteroatoms.